The van der Waals surface area contributed by atoms with Crippen molar-refractivity contribution in [3.63, 3.8) is 0 Å². The van der Waals surface area contributed by atoms with Gasteiger partial charge in [-0.25, -0.2) is 13.6 Å². The van der Waals surface area contributed by atoms with E-state index in [4.69, 9.17) is 5.11 Å². The van der Waals surface area contributed by atoms with Crippen molar-refractivity contribution in [1.29, 1.82) is 0 Å². The number of amides is 1. The van der Waals surface area contributed by atoms with Crippen molar-refractivity contribution in [3.8, 4) is 0 Å². The minimum absolute atomic E-state index is 0.278. The van der Waals surface area contributed by atoms with Crippen LogP contribution in [0.3, 0.4) is 0 Å². The van der Waals surface area contributed by atoms with Crippen LogP contribution in [0.4, 0.5) is 8.78 Å². The van der Waals surface area contributed by atoms with Crippen LogP contribution in [0.15, 0.2) is 24.3 Å². The quantitative estimate of drug-likeness (QED) is 0.844. The SMILES string of the molecule is Cc1c(/C=C/C(=O)O)cccc1C(=O)N(C)CC(F)F. The van der Waals surface area contributed by atoms with Crippen molar-refractivity contribution in [3.05, 3.63) is 41.0 Å². The van der Waals surface area contributed by atoms with Crippen LogP contribution >= 0.6 is 0 Å². The van der Waals surface area contributed by atoms with Gasteiger partial charge in [-0.3, -0.25) is 4.79 Å². The lowest BCUT2D eigenvalue weighted by Gasteiger charge is -2.18. The van der Waals surface area contributed by atoms with Gasteiger partial charge in [0.2, 0.25) is 0 Å². The normalized spacial score (nSPS) is 11.1. The van der Waals surface area contributed by atoms with Crippen LogP contribution in [-0.2, 0) is 4.79 Å². The summed E-state index contributed by atoms with van der Waals surface area (Å²) in [4.78, 5) is 23.5. The van der Waals surface area contributed by atoms with Gasteiger partial charge in [0.1, 0.15) is 0 Å². The second kappa shape index (κ2) is 6.79. The molecule has 0 fully saturated rings. The number of aliphatic carboxylic acids is 1. The maximum absolute atomic E-state index is 12.3. The summed E-state index contributed by atoms with van der Waals surface area (Å²) in [5, 5.41) is 8.59. The Kier molecular flexibility index (Phi) is 5.37. The van der Waals surface area contributed by atoms with Gasteiger partial charge < -0.3 is 10.0 Å². The van der Waals surface area contributed by atoms with E-state index in [1.165, 1.54) is 19.2 Å². The van der Waals surface area contributed by atoms with E-state index in [-0.39, 0.29) is 5.56 Å². The van der Waals surface area contributed by atoms with Crippen LogP contribution in [0.25, 0.3) is 6.08 Å². The van der Waals surface area contributed by atoms with Gasteiger partial charge in [0.25, 0.3) is 12.3 Å². The third kappa shape index (κ3) is 4.15. The van der Waals surface area contributed by atoms with E-state index in [9.17, 15) is 18.4 Å². The highest BCUT2D eigenvalue weighted by atomic mass is 19.3. The molecule has 1 N–H and O–H groups in total. The predicted molar refractivity (Wildman–Crippen MR) is 70.8 cm³/mol. The molecule has 1 aromatic carbocycles. The number of benzene rings is 1. The Morgan fingerprint density at radius 1 is 1.40 bits per heavy atom. The van der Waals surface area contributed by atoms with E-state index in [0.717, 1.165) is 11.0 Å². The zero-order valence-electron chi connectivity index (χ0n) is 11.1. The molecule has 0 saturated carbocycles. The molecule has 0 aliphatic carbocycles. The first kappa shape index (κ1) is 15.8. The fourth-order valence-electron chi connectivity index (χ4n) is 1.72. The lowest BCUT2D eigenvalue weighted by molar-refractivity contribution is -0.131. The molecule has 1 amide bonds. The van der Waals surface area contributed by atoms with E-state index in [0.29, 0.717) is 11.1 Å². The van der Waals surface area contributed by atoms with Gasteiger partial charge in [0.05, 0.1) is 6.54 Å². The summed E-state index contributed by atoms with van der Waals surface area (Å²) in [6, 6.07) is 4.76. The molecular formula is C14H15F2NO3. The molecule has 0 unspecified atom stereocenters. The molecule has 4 nitrogen and oxygen atoms in total. The number of hydrogen-bond acceptors (Lipinski definition) is 2. The third-order valence-corrected chi connectivity index (χ3v) is 2.77. The average molecular weight is 283 g/mol. The first-order valence-corrected chi connectivity index (χ1v) is 5.87. The molecule has 0 atom stereocenters. The monoisotopic (exact) mass is 283 g/mol. The lowest BCUT2D eigenvalue weighted by atomic mass is 10.0. The fraction of sp³-hybridized carbons (Fsp3) is 0.286. The molecule has 0 radical (unpaired) electrons. The molecular weight excluding hydrogens is 268 g/mol. The molecule has 6 heteroatoms. The number of carbonyl (C=O) groups is 2. The highest BCUT2D eigenvalue weighted by Gasteiger charge is 2.18. The van der Waals surface area contributed by atoms with Gasteiger partial charge in [0.15, 0.2) is 0 Å². The summed E-state index contributed by atoms with van der Waals surface area (Å²) in [5.41, 5.74) is 1.39. The molecule has 0 aromatic heterocycles. The highest BCUT2D eigenvalue weighted by Crippen LogP contribution is 2.17. The standard InChI is InChI=1S/C14H15F2NO3/c1-9-10(6-7-13(18)19)4-3-5-11(9)14(20)17(2)8-12(15)16/h3-7,12H,8H2,1-2H3,(H,18,19)/b7-6+. The number of carboxylic acid groups (broad SMARTS) is 1. The number of hydrogen-bond donors (Lipinski definition) is 1. The van der Waals surface area contributed by atoms with Crippen molar-refractivity contribution in [2.45, 2.75) is 13.3 Å². The Hall–Kier alpha value is -2.24. The second-order valence-corrected chi connectivity index (χ2v) is 4.27. The highest BCUT2D eigenvalue weighted by molar-refractivity contribution is 5.96. The van der Waals surface area contributed by atoms with E-state index in [1.807, 2.05) is 0 Å². The Balaban J connectivity index is 3.05. The number of carboxylic acids is 1. The van der Waals surface area contributed by atoms with Gasteiger partial charge in [-0.05, 0) is 30.2 Å². The molecule has 0 heterocycles. The third-order valence-electron chi connectivity index (χ3n) is 2.77. The molecule has 0 saturated heterocycles. The number of carbonyl (C=O) groups excluding carboxylic acids is 1. The zero-order chi connectivity index (χ0) is 15.3. The van der Waals surface area contributed by atoms with Gasteiger partial charge >= 0.3 is 5.97 Å². The first-order valence-electron chi connectivity index (χ1n) is 5.87. The van der Waals surface area contributed by atoms with Crippen LogP contribution < -0.4 is 0 Å². The molecule has 0 bridgehead atoms. The van der Waals surface area contributed by atoms with Crippen LogP contribution in [0.5, 0.6) is 0 Å². The van der Waals surface area contributed by atoms with Crippen LogP contribution in [0, 0.1) is 6.92 Å². The Morgan fingerprint density at radius 2 is 2.05 bits per heavy atom. The molecule has 1 aromatic rings. The molecule has 1 rings (SSSR count). The van der Waals surface area contributed by atoms with Gasteiger partial charge in [-0.15, -0.1) is 0 Å². The summed E-state index contributed by atoms with van der Waals surface area (Å²) in [5.74, 6) is -1.62. The van der Waals surface area contributed by atoms with Crippen LogP contribution in [-0.4, -0.2) is 41.9 Å². The topological polar surface area (TPSA) is 57.6 Å². The van der Waals surface area contributed by atoms with Crippen molar-refractivity contribution < 1.29 is 23.5 Å². The Bertz CT molecular complexity index is 541. The lowest BCUT2D eigenvalue weighted by Crippen LogP contribution is -2.31. The van der Waals surface area contributed by atoms with Crippen molar-refractivity contribution in [1.82, 2.24) is 4.90 Å². The van der Waals surface area contributed by atoms with Crippen molar-refractivity contribution >= 4 is 18.0 Å². The van der Waals surface area contributed by atoms with E-state index in [2.05, 4.69) is 0 Å². The molecule has 0 aliphatic heterocycles. The summed E-state index contributed by atoms with van der Waals surface area (Å²) < 4.78 is 24.6. The fourth-order valence-corrected chi connectivity index (χ4v) is 1.72. The number of halogens is 2. The number of rotatable bonds is 5. The van der Waals surface area contributed by atoms with E-state index >= 15 is 0 Å². The van der Waals surface area contributed by atoms with Gasteiger partial charge in [0, 0.05) is 18.7 Å². The molecule has 0 spiro atoms. The summed E-state index contributed by atoms with van der Waals surface area (Å²) >= 11 is 0. The minimum Gasteiger partial charge on any atom is -0.478 e. The van der Waals surface area contributed by atoms with E-state index < -0.39 is 24.8 Å². The number of alkyl halides is 2. The van der Waals surface area contributed by atoms with E-state index in [1.54, 1.807) is 19.1 Å². The van der Waals surface area contributed by atoms with Crippen LogP contribution in [0.1, 0.15) is 21.5 Å². The Morgan fingerprint density at radius 3 is 2.60 bits per heavy atom. The Labute approximate surface area is 115 Å². The average Bonchev–Trinajstić information content (AvgIpc) is 2.35. The predicted octanol–water partition coefficient (Wildman–Crippen LogP) is 2.43. The van der Waals surface area contributed by atoms with Gasteiger partial charge in [-0.2, -0.15) is 0 Å². The van der Waals surface area contributed by atoms with Crippen LogP contribution in [0.2, 0.25) is 0 Å². The molecule has 0 aliphatic rings. The maximum atomic E-state index is 12.3. The zero-order valence-corrected chi connectivity index (χ0v) is 11.1. The number of nitrogens with zero attached hydrogens (tertiary/aromatic N) is 1. The smallest absolute Gasteiger partial charge is 0.328 e. The minimum atomic E-state index is -2.60. The summed E-state index contributed by atoms with van der Waals surface area (Å²) in [7, 11) is 1.30. The second-order valence-electron chi connectivity index (χ2n) is 4.27. The molecule has 108 valence electrons. The largest absolute Gasteiger partial charge is 0.478 e. The summed E-state index contributed by atoms with van der Waals surface area (Å²) in [6.45, 7) is 0.998. The molecule has 20 heavy (non-hydrogen) atoms. The van der Waals surface area contributed by atoms with Gasteiger partial charge in [-0.1, -0.05) is 12.1 Å². The van der Waals surface area contributed by atoms with Crippen molar-refractivity contribution in [2.24, 2.45) is 0 Å². The first-order chi connectivity index (χ1) is 9.32. The maximum Gasteiger partial charge on any atom is 0.328 e. The summed E-state index contributed by atoms with van der Waals surface area (Å²) in [6.07, 6.45) is -0.277. The van der Waals surface area contributed by atoms with Crippen molar-refractivity contribution in [2.75, 3.05) is 13.6 Å².